The summed E-state index contributed by atoms with van der Waals surface area (Å²) in [4.78, 5) is 14.5. The van der Waals surface area contributed by atoms with Crippen LogP contribution < -0.4 is 4.74 Å². The van der Waals surface area contributed by atoms with Crippen molar-refractivity contribution in [3.8, 4) is 5.75 Å². The van der Waals surface area contributed by atoms with Gasteiger partial charge in [-0.25, -0.2) is 0 Å². The Morgan fingerprint density at radius 3 is 2.71 bits per heavy atom. The summed E-state index contributed by atoms with van der Waals surface area (Å²) in [6.45, 7) is 3.51. The van der Waals surface area contributed by atoms with Crippen LogP contribution >= 0.6 is 0 Å². The molecule has 0 unspecified atom stereocenters. The number of nitrogens with one attached hydrogen (secondary N) is 1. The maximum atomic E-state index is 12.6. The molecule has 2 aromatic rings. The lowest BCUT2D eigenvalue weighted by Crippen LogP contribution is -2.41. The van der Waals surface area contributed by atoms with E-state index in [4.69, 9.17) is 4.74 Å². The number of amides is 1. The fourth-order valence-corrected chi connectivity index (χ4v) is 3.27. The molecule has 1 aliphatic carbocycles. The average molecular weight is 325 g/mol. The van der Waals surface area contributed by atoms with Gasteiger partial charge in [0.15, 0.2) is 0 Å². The molecule has 4 rings (SSSR count). The van der Waals surface area contributed by atoms with Gasteiger partial charge in [0.2, 0.25) is 0 Å². The Balaban J connectivity index is 1.32. The maximum Gasteiger partial charge on any atom is 0.274 e. The Morgan fingerprint density at radius 2 is 2.00 bits per heavy atom. The summed E-state index contributed by atoms with van der Waals surface area (Å²) < 4.78 is 6.05. The number of carbonyl (C=O) groups excluding carboxylic acids is 1. The molecule has 126 valence electrons. The van der Waals surface area contributed by atoms with E-state index < -0.39 is 0 Å². The second kappa shape index (κ2) is 6.30. The first kappa shape index (κ1) is 15.2. The van der Waals surface area contributed by atoms with Gasteiger partial charge in [-0.1, -0.05) is 12.1 Å². The van der Waals surface area contributed by atoms with E-state index in [9.17, 15) is 4.79 Å². The third kappa shape index (κ3) is 3.30. The van der Waals surface area contributed by atoms with Gasteiger partial charge in [-0.2, -0.15) is 5.10 Å². The van der Waals surface area contributed by atoms with Crippen molar-refractivity contribution in [2.75, 3.05) is 13.1 Å². The van der Waals surface area contributed by atoms with Crippen LogP contribution in [0.4, 0.5) is 0 Å². The van der Waals surface area contributed by atoms with Gasteiger partial charge in [0.25, 0.3) is 5.91 Å². The van der Waals surface area contributed by atoms with Crippen molar-refractivity contribution in [1.82, 2.24) is 15.1 Å². The molecule has 5 nitrogen and oxygen atoms in total. The SMILES string of the molecule is Cc1cccc(OC2CCN(C(=O)c3cc(C4CC4)[nH]n3)CC2)c1. The molecule has 0 atom stereocenters. The molecule has 1 saturated carbocycles. The maximum absolute atomic E-state index is 12.6. The molecule has 5 heteroatoms. The van der Waals surface area contributed by atoms with Gasteiger partial charge in [-0.15, -0.1) is 0 Å². The van der Waals surface area contributed by atoms with Crippen molar-refractivity contribution in [3.05, 3.63) is 47.3 Å². The molecule has 0 bridgehead atoms. The summed E-state index contributed by atoms with van der Waals surface area (Å²) in [5.74, 6) is 1.54. The number of nitrogens with zero attached hydrogens (tertiary/aromatic N) is 2. The van der Waals surface area contributed by atoms with Crippen molar-refractivity contribution >= 4 is 5.91 Å². The number of benzene rings is 1. The van der Waals surface area contributed by atoms with Crippen molar-refractivity contribution in [1.29, 1.82) is 0 Å². The highest BCUT2D eigenvalue weighted by molar-refractivity contribution is 5.92. The lowest BCUT2D eigenvalue weighted by Gasteiger charge is -2.31. The summed E-state index contributed by atoms with van der Waals surface area (Å²) in [7, 11) is 0. The molecule has 2 heterocycles. The van der Waals surface area contributed by atoms with Gasteiger partial charge in [0.1, 0.15) is 17.5 Å². The zero-order chi connectivity index (χ0) is 16.5. The van der Waals surface area contributed by atoms with Gasteiger partial charge in [0.05, 0.1) is 0 Å². The second-order valence-electron chi connectivity index (χ2n) is 6.91. The molecular formula is C19H23N3O2. The highest BCUT2D eigenvalue weighted by atomic mass is 16.5. The third-order valence-corrected chi connectivity index (χ3v) is 4.86. The van der Waals surface area contributed by atoms with Gasteiger partial charge in [-0.05, 0) is 43.5 Å². The summed E-state index contributed by atoms with van der Waals surface area (Å²) in [5, 5.41) is 7.21. The minimum atomic E-state index is 0.0344. The largest absolute Gasteiger partial charge is 0.490 e. The minimum absolute atomic E-state index is 0.0344. The first-order valence-electron chi connectivity index (χ1n) is 8.77. The standard InChI is InChI=1S/C19H23N3O2/c1-13-3-2-4-16(11-13)24-15-7-9-22(10-8-15)19(23)18-12-17(20-21-18)14-5-6-14/h2-4,11-12,14-15H,5-10H2,1H3,(H,20,21). The zero-order valence-electron chi connectivity index (χ0n) is 14.0. The van der Waals surface area contributed by atoms with Crippen LogP contribution in [0.15, 0.2) is 30.3 Å². The Kier molecular flexibility index (Phi) is 4.00. The fraction of sp³-hybridized carbons (Fsp3) is 0.474. The van der Waals surface area contributed by atoms with Crippen molar-refractivity contribution in [2.45, 2.75) is 44.6 Å². The van der Waals surface area contributed by atoms with E-state index in [2.05, 4.69) is 29.3 Å². The van der Waals surface area contributed by atoms with E-state index in [1.165, 1.54) is 18.4 Å². The Labute approximate surface area is 142 Å². The lowest BCUT2D eigenvalue weighted by atomic mass is 10.1. The van der Waals surface area contributed by atoms with Gasteiger partial charge in [0, 0.05) is 37.5 Å². The number of ether oxygens (including phenoxy) is 1. The van der Waals surface area contributed by atoms with Gasteiger partial charge < -0.3 is 9.64 Å². The predicted octanol–water partition coefficient (Wildman–Crippen LogP) is 3.28. The van der Waals surface area contributed by atoms with Crippen molar-refractivity contribution in [2.24, 2.45) is 0 Å². The van der Waals surface area contributed by atoms with Crippen LogP contribution in [-0.2, 0) is 0 Å². The molecule has 0 radical (unpaired) electrons. The highest BCUT2D eigenvalue weighted by Crippen LogP contribution is 2.39. The molecule has 2 fully saturated rings. The molecule has 1 amide bonds. The molecule has 0 spiro atoms. The number of piperidine rings is 1. The number of likely N-dealkylation sites (tertiary alicyclic amines) is 1. The van der Waals surface area contributed by atoms with Crippen molar-refractivity contribution in [3.63, 3.8) is 0 Å². The summed E-state index contributed by atoms with van der Waals surface area (Å²) in [6.07, 6.45) is 4.31. The number of aromatic nitrogens is 2. The average Bonchev–Trinajstić information content (AvgIpc) is 3.32. The molecule has 1 saturated heterocycles. The third-order valence-electron chi connectivity index (χ3n) is 4.86. The Bertz CT molecular complexity index is 728. The zero-order valence-corrected chi connectivity index (χ0v) is 14.0. The monoisotopic (exact) mass is 325 g/mol. The quantitative estimate of drug-likeness (QED) is 0.938. The number of aryl methyl sites for hydroxylation is 1. The number of rotatable bonds is 4. The number of hydrogen-bond acceptors (Lipinski definition) is 3. The molecule has 1 aliphatic heterocycles. The van der Waals surface area contributed by atoms with E-state index in [0.29, 0.717) is 11.6 Å². The molecule has 1 N–H and O–H groups in total. The fourth-order valence-electron chi connectivity index (χ4n) is 3.27. The predicted molar refractivity (Wildman–Crippen MR) is 91.3 cm³/mol. The minimum Gasteiger partial charge on any atom is -0.490 e. The van der Waals surface area contributed by atoms with Crippen LogP contribution in [0, 0.1) is 6.92 Å². The van der Waals surface area contributed by atoms with Crippen LogP contribution in [0.2, 0.25) is 0 Å². The topological polar surface area (TPSA) is 58.2 Å². The number of aromatic amines is 1. The molecule has 24 heavy (non-hydrogen) atoms. The first-order valence-corrected chi connectivity index (χ1v) is 8.77. The van der Waals surface area contributed by atoms with Crippen LogP contribution in [0.1, 0.15) is 53.3 Å². The smallest absolute Gasteiger partial charge is 0.274 e. The number of hydrogen-bond donors (Lipinski definition) is 1. The Hall–Kier alpha value is -2.30. The van der Waals surface area contributed by atoms with E-state index >= 15 is 0 Å². The summed E-state index contributed by atoms with van der Waals surface area (Å²) in [5.41, 5.74) is 2.86. The van der Waals surface area contributed by atoms with Crippen LogP contribution in [-0.4, -0.2) is 40.2 Å². The van der Waals surface area contributed by atoms with E-state index in [0.717, 1.165) is 37.4 Å². The molecular weight excluding hydrogens is 302 g/mol. The lowest BCUT2D eigenvalue weighted by molar-refractivity contribution is 0.0590. The van der Waals surface area contributed by atoms with Crippen LogP contribution in [0.25, 0.3) is 0 Å². The van der Waals surface area contributed by atoms with E-state index in [1.54, 1.807) is 0 Å². The van der Waals surface area contributed by atoms with Crippen LogP contribution in [0.5, 0.6) is 5.75 Å². The van der Waals surface area contributed by atoms with E-state index in [-0.39, 0.29) is 12.0 Å². The summed E-state index contributed by atoms with van der Waals surface area (Å²) in [6, 6.07) is 10.1. The first-order chi connectivity index (χ1) is 11.7. The molecule has 1 aromatic heterocycles. The normalized spacial score (nSPS) is 18.6. The number of H-pyrrole nitrogens is 1. The van der Waals surface area contributed by atoms with Crippen LogP contribution in [0.3, 0.4) is 0 Å². The molecule has 2 aliphatic rings. The van der Waals surface area contributed by atoms with Gasteiger partial charge >= 0.3 is 0 Å². The number of carbonyl (C=O) groups is 1. The molecule has 1 aromatic carbocycles. The van der Waals surface area contributed by atoms with Crippen molar-refractivity contribution < 1.29 is 9.53 Å². The highest BCUT2D eigenvalue weighted by Gasteiger charge is 2.29. The van der Waals surface area contributed by atoms with E-state index in [1.807, 2.05) is 23.1 Å². The Morgan fingerprint density at radius 1 is 1.21 bits per heavy atom. The second-order valence-corrected chi connectivity index (χ2v) is 6.91. The van der Waals surface area contributed by atoms with Gasteiger partial charge in [-0.3, -0.25) is 9.89 Å². The summed E-state index contributed by atoms with van der Waals surface area (Å²) >= 11 is 0.